The van der Waals surface area contributed by atoms with Gasteiger partial charge in [-0.05, 0) is 30.8 Å². The van der Waals surface area contributed by atoms with Crippen LogP contribution in [0.2, 0.25) is 0 Å². The summed E-state index contributed by atoms with van der Waals surface area (Å²) in [6, 6.07) is 0. The summed E-state index contributed by atoms with van der Waals surface area (Å²) in [6.45, 7) is 4.49. The average molecular weight is 376 g/mol. The Hall–Kier alpha value is -0.990. The summed E-state index contributed by atoms with van der Waals surface area (Å²) in [5, 5.41) is 21.2. The molecule has 4 heterocycles. The zero-order valence-electron chi connectivity index (χ0n) is 15.4. The molecule has 0 amide bonds. The molecule has 2 saturated carbocycles. The summed E-state index contributed by atoms with van der Waals surface area (Å²) in [5.41, 5.74) is -0.338. The van der Waals surface area contributed by atoms with E-state index in [9.17, 15) is 15.0 Å². The van der Waals surface area contributed by atoms with E-state index in [1.54, 1.807) is 0 Å². The molecule has 10 atom stereocenters. The predicted octanol–water partition coefficient (Wildman–Crippen LogP) is 0.0755. The second-order valence-corrected chi connectivity index (χ2v) is 9.84. The van der Waals surface area contributed by atoms with Gasteiger partial charge < -0.3 is 29.2 Å². The van der Waals surface area contributed by atoms with Crippen LogP contribution in [0.3, 0.4) is 0 Å². The van der Waals surface area contributed by atoms with Crippen molar-refractivity contribution in [1.82, 2.24) is 0 Å². The molecule has 4 aliphatic heterocycles. The van der Waals surface area contributed by atoms with Gasteiger partial charge in [0.15, 0.2) is 5.60 Å². The zero-order valence-corrected chi connectivity index (χ0v) is 15.4. The van der Waals surface area contributed by atoms with Gasteiger partial charge in [-0.25, -0.2) is 4.79 Å². The average Bonchev–Trinajstić information content (AvgIpc) is 3.54. The summed E-state index contributed by atoms with van der Waals surface area (Å²) in [5.74, 6) is -0.172. The molecule has 0 aromatic carbocycles. The predicted molar refractivity (Wildman–Crippen MR) is 88.5 cm³/mol. The Labute approximate surface area is 156 Å². The third-order valence-electron chi connectivity index (χ3n) is 9.24. The lowest BCUT2D eigenvalue weighted by Crippen LogP contribution is -2.69. The summed E-state index contributed by atoms with van der Waals surface area (Å²) >= 11 is 0. The lowest BCUT2D eigenvalue weighted by molar-refractivity contribution is -0.136. The van der Waals surface area contributed by atoms with Crippen LogP contribution in [-0.4, -0.2) is 70.6 Å². The number of aliphatic hydroxyl groups excluding tert-OH is 2. The molecule has 2 spiro atoms. The Morgan fingerprint density at radius 2 is 2.07 bits per heavy atom. The number of ether oxygens (including phenoxy) is 4. The van der Waals surface area contributed by atoms with E-state index in [0.717, 1.165) is 24.0 Å². The fourth-order valence-electron chi connectivity index (χ4n) is 7.73. The fourth-order valence-corrected chi connectivity index (χ4v) is 7.73. The molecule has 7 aliphatic rings. The van der Waals surface area contributed by atoms with Gasteiger partial charge in [0.2, 0.25) is 0 Å². The van der Waals surface area contributed by atoms with Crippen LogP contribution < -0.4 is 0 Å². The monoisotopic (exact) mass is 376 g/mol. The lowest BCUT2D eigenvalue weighted by atomic mass is 9.46. The molecule has 27 heavy (non-hydrogen) atoms. The van der Waals surface area contributed by atoms with Crippen molar-refractivity contribution in [2.24, 2.45) is 17.3 Å². The van der Waals surface area contributed by atoms with Crippen molar-refractivity contribution >= 4 is 5.97 Å². The second-order valence-electron chi connectivity index (χ2n) is 9.84. The Balaban J connectivity index is 1.36. The highest BCUT2D eigenvalue weighted by molar-refractivity contribution is 5.92. The van der Waals surface area contributed by atoms with E-state index >= 15 is 0 Å². The van der Waals surface area contributed by atoms with Crippen LogP contribution in [0, 0.1) is 17.3 Å². The van der Waals surface area contributed by atoms with Crippen LogP contribution in [0.5, 0.6) is 0 Å². The Morgan fingerprint density at radius 1 is 1.26 bits per heavy atom. The Kier molecular flexibility index (Phi) is 2.43. The number of carbonyl (C=O) groups excluding carboxylic acids is 1. The number of esters is 1. The first kappa shape index (κ1) is 15.9. The van der Waals surface area contributed by atoms with Gasteiger partial charge >= 0.3 is 5.97 Å². The van der Waals surface area contributed by atoms with Crippen LogP contribution in [0.1, 0.15) is 33.1 Å². The highest BCUT2D eigenvalue weighted by atomic mass is 16.7. The number of aliphatic hydroxyl groups is 2. The minimum absolute atomic E-state index is 0.0381. The van der Waals surface area contributed by atoms with Crippen molar-refractivity contribution in [2.75, 3.05) is 13.2 Å². The van der Waals surface area contributed by atoms with Gasteiger partial charge in [-0.1, -0.05) is 13.8 Å². The number of cyclic esters (lactones) is 1. The van der Waals surface area contributed by atoms with Crippen molar-refractivity contribution in [3.05, 3.63) is 11.1 Å². The van der Waals surface area contributed by atoms with Gasteiger partial charge in [0, 0.05) is 23.5 Å². The summed E-state index contributed by atoms with van der Waals surface area (Å²) in [4.78, 5) is 12.1. The topological polar surface area (TPSA) is 104 Å². The smallest absolute Gasteiger partial charge is 0.334 e. The Bertz CT molecular complexity index is 838. The maximum absolute atomic E-state index is 12.1. The van der Waals surface area contributed by atoms with Crippen LogP contribution in [0.25, 0.3) is 0 Å². The van der Waals surface area contributed by atoms with E-state index in [4.69, 9.17) is 18.9 Å². The van der Waals surface area contributed by atoms with Crippen LogP contribution >= 0.6 is 0 Å². The molecule has 0 aromatic heterocycles. The van der Waals surface area contributed by atoms with E-state index < -0.39 is 22.9 Å². The SMILES string of the molecule is CC(CO)C12OC1C1OC13C1(C)CCC4=C(COC4=O)C1CC1OC13C2O. The molecule has 3 aliphatic carbocycles. The van der Waals surface area contributed by atoms with Gasteiger partial charge in [0.25, 0.3) is 0 Å². The quantitative estimate of drug-likeness (QED) is 0.519. The molecule has 2 N–H and O–H groups in total. The van der Waals surface area contributed by atoms with Gasteiger partial charge in [0.05, 0.1) is 6.10 Å². The van der Waals surface area contributed by atoms with Crippen molar-refractivity contribution in [3.63, 3.8) is 0 Å². The number of rotatable bonds is 2. The molecule has 7 rings (SSSR count). The number of epoxide rings is 3. The third kappa shape index (κ3) is 1.30. The van der Waals surface area contributed by atoms with E-state index in [2.05, 4.69) is 6.92 Å². The lowest BCUT2D eigenvalue weighted by Gasteiger charge is -2.53. The van der Waals surface area contributed by atoms with E-state index in [1.165, 1.54) is 0 Å². The van der Waals surface area contributed by atoms with Crippen LogP contribution in [0.4, 0.5) is 0 Å². The fraction of sp³-hybridized carbons (Fsp3) is 0.850. The molecule has 0 bridgehead atoms. The van der Waals surface area contributed by atoms with E-state index in [1.807, 2.05) is 6.92 Å². The minimum Gasteiger partial charge on any atom is -0.458 e. The van der Waals surface area contributed by atoms with Gasteiger partial charge in [-0.2, -0.15) is 0 Å². The zero-order chi connectivity index (χ0) is 18.6. The number of fused-ring (bicyclic) bond motifs is 4. The third-order valence-corrected chi connectivity index (χ3v) is 9.24. The number of hydrogen-bond donors (Lipinski definition) is 2. The molecule has 10 unspecified atom stereocenters. The van der Waals surface area contributed by atoms with Gasteiger partial charge in [0.1, 0.15) is 36.1 Å². The first-order valence-corrected chi connectivity index (χ1v) is 10.1. The summed E-state index contributed by atoms with van der Waals surface area (Å²) in [7, 11) is 0. The molecule has 5 fully saturated rings. The second kappa shape index (κ2) is 4.14. The van der Waals surface area contributed by atoms with Crippen LogP contribution in [0.15, 0.2) is 11.1 Å². The molecule has 0 radical (unpaired) electrons. The van der Waals surface area contributed by atoms with Crippen molar-refractivity contribution in [2.45, 2.75) is 74.3 Å². The number of carbonyl (C=O) groups is 1. The van der Waals surface area contributed by atoms with Crippen molar-refractivity contribution in [3.8, 4) is 0 Å². The van der Waals surface area contributed by atoms with Gasteiger partial charge in [-0.15, -0.1) is 0 Å². The van der Waals surface area contributed by atoms with Gasteiger partial charge in [-0.3, -0.25) is 0 Å². The first-order chi connectivity index (χ1) is 12.9. The highest BCUT2D eigenvalue weighted by Gasteiger charge is 3.00. The summed E-state index contributed by atoms with van der Waals surface area (Å²) < 4.78 is 24.2. The van der Waals surface area contributed by atoms with Crippen molar-refractivity contribution in [1.29, 1.82) is 0 Å². The Morgan fingerprint density at radius 3 is 2.85 bits per heavy atom. The molecular weight excluding hydrogens is 352 g/mol. The maximum Gasteiger partial charge on any atom is 0.334 e. The van der Waals surface area contributed by atoms with Crippen LogP contribution in [-0.2, 0) is 23.7 Å². The molecule has 7 heteroatoms. The van der Waals surface area contributed by atoms with E-state index in [-0.39, 0.29) is 48.1 Å². The minimum atomic E-state index is -0.810. The normalized spacial score (nSPS) is 62.2. The molecular formula is C20H24O7. The molecule has 0 aromatic rings. The largest absolute Gasteiger partial charge is 0.458 e. The number of hydrogen-bond acceptors (Lipinski definition) is 7. The van der Waals surface area contributed by atoms with E-state index in [0.29, 0.717) is 13.0 Å². The van der Waals surface area contributed by atoms with Crippen molar-refractivity contribution < 1.29 is 34.0 Å². The standard InChI is InChI=1S/C20H24O7/c1-8(6-21)18-13(26-18)14-20(27-14)17(2)4-3-9-10(7-24-15(9)22)11(17)5-12-19(20,25-12)16(18)23/h8,11-14,16,21,23H,3-7H2,1-2H3. The highest BCUT2D eigenvalue weighted by Crippen LogP contribution is 2.82. The molecule has 7 nitrogen and oxygen atoms in total. The first-order valence-electron chi connectivity index (χ1n) is 10.1. The molecule has 3 saturated heterocycles. The molecule has 146 valence electrons. The summed E-state index contributed by atoms with van der Waals surface area (Å²) in [6.07, 6.45) is 1.06. The maximum atomic E-state index is 12.1.